The molecule has 2 aromatic heterocycles. The molecule has 4 heterocycles. The summed E-state index contributed by atoms with van der Waals surface area (Å²) in [6.07, 6.45) is 11.0. The van der Waals surface area contributed by atoms with Gasteiger partial charge in [0.1, 0.15) is 10.7 Å². The number of hydrogen-bond acceptors (Lipinski definition) is 8. The number of aryl methyl sites for hydroxylation is 1. The Balaban J connectivity index is 1.34. The molecular weight excluding hydrogens is 448 g/mol. The molecule has 2 fully saturated rings. The zero-order valence-electron chi connectivity index (χ0n) is 17.6. The Morgan fingerprint density at radius 1 is 1.25 bits per heavy atom. The molecule has 2 unspecified atom stereocenters. The van der Waals surface area contributed by atoms with Crippen LogP contribution in [-0.4, -0.2) is 59.7 Å². The number of halogens is 1. The maximum atomic E-state index is 12.9. The van der Waals surface area contributed by atoms with Gasteiger partial charge in [-0.2, -0.15) is 4.98 Å². The monoisotopic (exact) mass is 472 g/mol. The fourth-order valence-corrected chi connectivity index (χ4v) is 6.73. The molecule has 2 aliphatic heterocycles. The molecule has 0 amide bonds. The molecule has 2 N–H and O–H groups in total. The quantitative estimate of drug-likeness (QED) is 0.684. The fourth-order valence-electron chi connectivity index (χ4n) is 5.30. The number of aliphatic hydroxyl groups is 1. The van der Waals surface area contributed by atoms with Crippen molar-refractivity contribution in [1.82, 2.24) is 19.9 Å². The van der Waals surface area contributed by atoms with Crippen LogP contribution in [0.5, 0.6) is 0 Å². The first-order chi connectivity index (χ1) is 15.5. The zero-order chi connectivity index (χ0) is 21.9. The normalized spacial score (nSPS) is 27.6. The number of rotatable bonds is 5. The molecule has 1 saturated heterocycles. The van der Waals surface area contributed by atoms with Gasteiger partial charge in [-0.05, 0) is 44.1 Å². The zero-order valence-corrected chi connectivity index (χ0v) is 19.2. The predicted octanol–water partition coefficient (Wildman–Crippen LogP) is 2.59. The van der Waals surface area contributed by atoms with Gasteiger partial charge in [-0.25, -0.2) is 15.0 Å². The lowest BCUT2D eigenvalue weighted by atomic mass is 9.77. The van der Waals surface area contributed by atoms with Crippen molar-refractivity contribution in [3.8, 4) is 0 Å². The second-order valence-corrected chi connectivity index (χ2v) is 11.2. The van der Waals surface area contributed by atoms with Crippen molar-refractivity contribution in [2.24, 2.45) is 5.92 Å². The molecule has 0 radical (unpaired) electrons. The first kappa shape index (κ1) is 20.5. The minimum atomic E-state index is -1.11. The summed E-state index contributed by atoms with van der Waals surface area (Å²) < 4.78 is 12.9. The molecule has 10 heteroatoms. The SMILES string of the molecule is O=[S@@]1CCCc2nc(N3CC4CC3C=C4c3ncc(Cl)cn3)nc(NC3(CO)CCC3)c21. The average Bonchev–Trinajstić information content (AvgIpc) is 3.38. The van der Waals surface area contributed by atoms with Crippen molar-refractivity contribution in [3.63, 3.8) is 0 Å². The van der Waals surface area contributed by atoms with Gasteiger partial charge in [0, 0.05) is 30.6 Å². The molecule has 2 aromatic rings. The number of aromatic nitrogens is 4. The van der Waals surface area contributed by atoms with E-state index in [-0.39, 0.29) is 18.2 Å². The van der Waals surface area contributed by atoms with Crippen LogP contribution in [-0.2, 0) is 17.2 Å². The third-order valence-electron chi connectivity index (χ3n) is 7.18. The third-order valence-corrected chi connectivity index (χ3v) is 8.92. The van der Waals surface area contributed by atoms with Gasteiger partial charge in [-0.3, -0.25) is 4.21 Å². The molecule has 2 bridgehead atoms. The first-order valence-electron chi connectivity index (χ1n) is 11.2. The van der Waals surface area contributed by atoms with Crippen LogP contribution in [0.15, 0.2) is 23.4 Å². The molecule has 168 valence electrons. The topological polar surface area (TPSA) is 104 Å². The minimum Gasteiger partial charge on any atom is -0.394 e. The Morgan fingerprint density at radius 3 is 2.72 bits per heavy atom. The van der Waals surface area contributed by atoms with E-state index in [0.717, 1.165) is 67.1 Å². The second-order valence-electron chi connectivity index (χ2n) is 9.22. The number of nitrogens with one attached hydrogen (secondary N) is 1. The molecule has 0 spiro atoms. The molecule has 1 saturated carbocycles. The van der Waals surface area contributed by atoms with E-state index >= 15 is 0 Å². The van der Waals surface area contributed by atoms with Gasteiger partial charge in [-0.1, -0.05) is 17.7 Å². The van der Waals surface area contributed by atoms with Crippen molar-refractivity contribution < 1.29 is 9.32 Å². The van der Waals surface area contributed by atoms with E-state index in [0.29, 0.717) is 28.5 Å². The Hall–Kier alpha value is -2.10. The summed E-state index contributed by atoms with van der Waals surface area (Å²) in [5, 5.41) is 14.0. The molecule has 3 atom stereocenters. The number of fused-ring (bicyclic) bond motifs is 3. The van der Waals surface area contributed by atoms with Crippen LogP contribution in [0.25, 0.3) is 5.57 Å². The maximum Gasteiger partial charge on any atom is 0.228 e. The van der Waals surface area contributed by atoms with Crippen LogP contribution in [0.3, 0.4) is 0 Å². The molecule has 4 aliphatic rings. The van der Waals surface area contributed by atoms with E-state index in [2.05, 4.69) is 26.3 Å². The summed E-state index contributed by atoms with van der Waals surface area (Å²) in [4.78, 5) is 21.5. The van der Waals surface area contributed by atoms with Crippen molar-refractivity contribution in [3.05, 3.63) is 35.0 Å². The largest absolute Gasteiger partial charge is 0.394 e. The standard InChI is InChI=1S/C22H25ClN6O2S/c23-14-9-24-19(25-10-14)16-8-15-7-13(16)11-29(15)21-26-17-3-1-6-32(31)18(17)20(27-21)28-22(12-30)4-2-5-22/h8-10,13,15,30H,1-7,11-12H2,(H,26,27,28)/t13?,15?,32-/m1/s1. The van der Waals surface area contributed by atoms with Gasteiger partial charge in [-0.15, -0.1) is 0 Å². The van der Waals surface area contributed by atoms with E-state index in [9.17, 15) is 9.32 Å². The van der Waals surface area contributed by atoms with Crippen molar-refractivity contribution in [1.29, 1.82) is 0 Å². The number of aliphatic hydroxyl groups excluding tert-OH is 1. The molecule has 8 nitrogen and oxygen atoms in total. The highest BCUT2D eigenvalue weighted by atomic mass is 35.5. The van der Waals surface area contributed by atoms with Crippen LogP contribution in [0.1, 0.15) is 43.6 Å². The summed E-state index contributed by atoms with van der Waals surface area (Å²) in [6, 6.07) is 0.185. The number of nitrogens with zero attached hydrogens (tertiary/aromatic N) is 5. The number of hydrogen-bond donors (Lipinski definition) is 2. The van der Waals surface area contributed by atoms with E-state index in [1.807, 2.05) is 0 Å². The van der Waals surface area contributed by atoms with Crippen LogP contribution < -0.4 is 10.2 Å². The van der Waals surface area contributed by atoms with Crippen molar-refractivity contribution in [2.75, 3.05) is 29.1 Å². The Morgan fingerprint density at radius 2 is 2.06 bits per heavy atom. The molecular formula is C22H25ClN6O2S. The van der Waals surface area contributed by atoms with Crippen LogP contribution in [0.4, 0.5) is 11.8 Å². The minimum absolute atomic E-state index is 0.0509. The highest BCUT2D eigenvalue weighted by molar-refractivity contribution is 7.85. The summed E-state index contributed by atoms with van der Waals surface area (Å²) in [5.74, 6) is 3.02. The van der Waals surface area contributed by atoms with E-state index in [1.165, 1.54) is 0 Å². The highest BCUT2D eigenvalue weighted by Crippen LogP contribution is 2.44. The van der Waals surface area contributed by atoms with Gasteiger partial charge in [0.2, 0.25) is 5.95 Å². The van der Waals surface area contributed by atoms with Gasteiger partial charge < -0.3 is 15.3 Å². The lowest BCUT2D eigenvalue weighted by Gasteiger charge is -2.42. The van der Waals surface area contributed by atoms with Gasteiger partial charge in [0.15, 0.2) is 5.82 Å². The highest BCUT2D eigenvalue weighted by Gasteiger charge is 2.43. The van der Waals surface area contributed by atoms with Crippen molar-refractivity contribution in [2.45, 2.75) is 55.0 Å². The lowest BCUT2D eigenvalue weighted by molar-refractivity contribution is 0.143. The van der Waals surface area contributed by atoms with E-state index in [4.69, 9.17) is 21.6 Å². The van der Waals surface area contributed by atoms with Crippen molar-refractivity contribution >= 4 is 39.7 Å². The summed E-state index contributed by atoms with van der Waals surface area (Å²) in [5.41, 5.74) is 1.68. The molecule has 6 rings (SSSR count). The first-order valence-corrected chi connectivity index (χ1v) is 12.9. The maximum absolute atomic E-state index is 12.9. The van der Waals surface area contributed by atoms with Crippen LogP contribution in [0.2, 0.25) is 5.02 Å². The number of anilines is 2. The molecule has 0 aromatic carbocycles. The van der Waals surface area contributed by atoms with Gasteiger partial charge in [0.25, 0.3) is 0 Å². The summed E-state index contributed by atoms with van der Waals surface area (Å²) in [6.45, 7) is 0.851. The van der Waals surface area contributed by atoms with E-state index < -0.39 is 10.8 Å². The predicted molar refractivity (Wildman–Crippen MR) is 123 cm³/mol. The molecule has 2 aliphatic carbocycles. The smallest absolute Gasteiger partial charge is 0.228 e. The fraction of sp³-hybridized carbons (Fsp3) is 0.545. The van der Waals surface area contributed by atoms with Crippen LogP contribution >= 0.6 is 11.6 Å². The Kier molecular flexibility index (Phi) is 4.96. The van der Waals surface area contributed by atoms with Gasteiger partial charge in [0.05, 0.1) is 39.7 Å². The third kappa shape index (κ3) is 3.33. The average molecular weight is 473 g/mol. The van der Waals surface area contributed by atoms with Crippen LogP contribution in [0, 0.1) is 5.92 Å². The van der Waals surface area contributed by atoms with E-state index in [1.54, 1.807) is 12.4 Å². The Labute approximate surface area is 194 Å². The lowest BCUT2D eigenvalue weighted by Crippen LogP contribution is -2.49. The molecule has 32 heavy (non-hydrogen) atoms. The summed E-state index contributed by atoms with van der Waals surface area (Å²) in [7, 11) is -1.11. The summed E-state index contributed by atoms with van der Waals surface area (Å²) >= 11 is 5.94. The Bertz CT molecular complexity index is 1110. The second kappa shape index (κ2) is 7.74. The van der Waals surface area contributed by atoms with Gasteiger partial charge >= 0.3 is 0 Å².